The first-order valence-corrected chi connectivity index (χ1v) is 11.4. The lowest BCUT2D eigenvalue weighted by Gasteiger charge is -2.32. The van der Waals surface area contributed by atoms with Crippen LogP contribution < -0.4 is 10.9 Å². The quantitative estimate of drug-likeness (QED) is 0.631. The number of carbonyl (C=O) groups is 2. The Bertz CT molecular complexity index is 1020. The van der Waals surface area contributed by atoms with E-state index in [2.05, 4.69) is 5.32 Å². The van der Waals surface area contributed by atoms with E-state index in [0.717, 1.165) is 0 Å². The van der Waals surface area contributed by atoms with Crippen molar-refractivity contribution >= 4 is 23.6 Å². The number of aliphatic hydroxyl groups is 1. The van der Waals surface area contributed by atoms with Gasteiger partial charge < -0.3 is 15.3 Å². The molecule has 2 N–H and O–H groups in total. The first kappa shape index (κ1) is 23.0. The highest BCUT2D eigenvalue weighted by atomic mass is 32.2. The maximum Gasteiger partial charge on any atom is 0.268 e. The third-order valence-corrected chi connectivity index (χ3v) is 6.27. The van der Waals surface area contributed by atoms with E-state index < -0.39 is 17.3 Å². The fourth-order valence-electron chi connectivity index (χ4n) is 3.60. The number of pyridine rings is 1. The van der Waals surface area contributed by atoms with Gasteiger partial charge in [0.1, 0.15) is 11.4 Å². The fourth-order valence-corrected chi connectivity index (χ4v) is 3.95. The number of halogens is 1. The molecule has 31 heavy (non-hydrogen) atoms. The average Bonchev–Trinajstić information content (AvgIpc) is 2.78. The summed E-state index contributed by atoms with van der Waals surface area (Å²) in [4.78, 5) is 40.5. The molecule has 1 aliphatic rings. The molecule has 0 saturated carbocycles. The minimum absolute atomic E-state index is 0.00614. The van der Waals surface area contributed by atoms with Gasteiger partial charge in [0.2, 0.25) is 5.91 Å². The Morgan fingerprint density at radius 2 is 2.00 bits per heavy atom. The summed E-state index contributed by atoms with van der Waals surface area (Å²) < 4.78 is 14.7. The Hall–Kier alpha value is -2.65. The molecule has 0 saturated heterocycles. The number of aliphatic hydroxyl groups excluding tert-OH is 1. The van der Waals surface area contributed by atoms with Gasteiger partial charge in [-0.1, -0.05) is 0 Å². The lowest BCUT2D eigenvalue weighted by molar-refractivity contribution is -0.131. The van der Waals surface area contributed by atoms with Crippen molar-refractivity contribution < 1.29 is 19.1 Å². The molecule has 2 heterocycles. The first-order valence-electron chi connectivity index (χ1n) is 10.1. The van der Waals surface area contributed by atoms with Gasteiger partial charge in [0.15, 0.2) is 0 Å². The number of hydrogen-bond acceptors (Lipinski definition) is 5. The molecule has 1 aromatic heterocycles. The number of benzene rings is 1. The highest BCUT2D eigenvalue weighted by molar-refractivity contribution is 7.99. The van der Waals surface area contributed by atoms with Crippen molar-refractivity contribution in [2.75, 3.05) is 26.0 Å². The van der Waals surface area contributed by atoms with Crippen LogP contribution in [0.5, 0.6) is 0 Å². The predicted molar refractivity (Wildman–Crippen MR) is 118 cm³/mol. The molecule has 1 aromatic carbocycles. The molecule has 2 aromatic rings. The molecule has 2 amide bonds. The van der Waals surface area contributed by atoms with Gasteiger partial charge in [-0.2, -0.15) is 11.8 Å². The van der Waals surface area contributed by atoms with Gasteiger partial charge in [-0.05, 0) is 61.4 Å². The molecule has 1 atom stereocenters. The second-order valence-corrected chi connectivity index (χ2v) is 8.56. The van der Waals surface area contributed by atoms with Crippen molar-refractivity contribution in [3.8, 4) is 5.69 Å². The number of fused-ring (bicyclic) bond motifs is 1. The lowest BCUT2D eigenvalue weighted by atomic mass is 9.95. The van der Waals surface area contributed by atoms with Crippen molar-refractivity contribution in [2.24, 2.45) is 0 Å². The average molecular weight is 448 g/mol. The Balaban J connectivity index is 2.07. The first-order chi connectivity index (χ1) is 14.9. The van der Waals surface area contributed by atoms with Crippen molar-refractivity contribution in [1.82, 2.24) is 14.8 Å². The molecule has 166 valence electrons. The van der Waals surface area contributed by atoms with E-state index in [1.807, 2.05) is 13.2 Å². The number of aromatic nitrogens is 1. The maximum absolute atomic E-state index is 13.4. The number of nitrogens with zero attached hydrogens (tertiary/aromatic N) is 2. The molecule has 1 unspecified atom stereocenters. The number of amides is 2. The third-order valence-electron chi connectivity index (χ3n) is 5.37. The highest BCUT2D eigenvalue weighted by Crippen LogP contribution is 2.24. The van der Waals surface area contributed by atoms with Crippen LogP contribution >= 0.6 is 11.8 Å². The summed E-state index contributed by atoms with van der Waals surface area (Å²) in [7, 11) is 0. The van der Waals surface area contributed by atoms with Crippen LogP contribution in [0.15, 0.2) is 35.3 Å². The van der Waals surface area contributed by atoms with Crippen LogP contribution in [0.1, 0.15) is 34.8 Å². The second kappa shape index (κ2) is 10.1. The van der Waals surface area contributed by atoms with Crippen LogP contribution in [0, 0.1) is 5.82 Å². The summed E-state index contributed by atoms with van der Waals surface area (Å²) >= 11 is 1.46. The molecular weight excluding hydrogens is 421 g/mol. The molecule has 0 radical (unpaired) electrons. The zero-order valence-electron chi connectivity index (χ0n) is 17.6. The Morgan fingerprint density at radius 3 is 2.65 bits per heavy atom. The van der Waals surface area contributed by atoms with E-state index in [9.17, 15) is 18.8 Å². The Morgan fingerprint density at radius 1 is 1.29 bits per heavy atom. The van der Waals surface area contributed by atoms with Crippen molar-refractivity contribution in [3.63, 3.8) is 0 Å². The van der Waals surface area contributed by atoms with Crippen molar-refractivity contribution in [3.05, 3.63) is 63.3 Å². The Kier molecular flexibility index (Phi) is 7.50. The molecule has 9 heteroatoms. The zero-order chi connectivity index (χ0) is 22.5. The molecular formula is C22H26FN3O4S. The normalized spacial score (nSPS) is 14.1. The fraction of sp³-hybridized carbons (Fsp3) is 0.409. The van der Waals surface area contributed by atoms with Crippen molar-refractivity contribution in [2.45, 2.75) is 31.6 Å². The summed E-state index contributed by atoms with van der Waals surface area (Å²) in [5, 5.41) is 11.5. The van der Waals surface area contributed by atoms with Crippen molar-refractivity contribution in [1.29, 1.82) is 0 Å². The molecule has 1 aliphatic heterocycles. The van der Waals surface area contributed by atoms with Crippen LogP contribution in [0.4, 0.5) is 4.39 Å². The van der Waals surface area contributed by atoms with Gasteiger partial charge in [-0.3, -0.25) is 19.0 Å². The predicted octanol–water partition coefficient (Wildman–Crippen LogP) is 1.72. The Labute approximate surface area is 184 Å². The van der Waals surface area contributed by atoms with Crippen LogP contribution in [-0.2, 0) is 17.8 Å². The standard InChI is InChI=1S/C22H26FN3O4S/c1-14(31-2)21(29)25-10-8-18-15(12-25)13-26(17-6-4-16(23)5-7-17)22(30)19(18)20(28)24-9-3-11-27/h4-7,13-14,27H,3,8-12H2,1-2H3,(H,24,28). The molecule has 0 bridgehead atoms. The number of hydrogen-bond donors (Lipinski definition) is 2. The summed E-state index contributed by atoms with van der Waals surface area (Å²) in [5.41, 5.74) is 1.31. The van der Waals surface area contributed by atoms with E-state index >= 15 is 0 Å². The van der Waals surface area contributed by atoms with E-state index in [-0.39, 0.29) is 36.4 Å². The van der Waals surface area contributed by atoms with Gasteiger partial charge in [0.05, 0.1) is 5.25 Å². The summed E-state index contributed by atoms with van der Waals surface area (Å²) in [6, 6.07) is 5.44. The van der Waals surface area contributed by atoms with Gasteiger partial charge in [-0.15, -0.1) is 0 Å². The van der Waals surface area contributed by atoms with Crippen LogP contribution in [-0.4, -0.2) is 57.6 Å². The second-order valence-electron chi connectivity index (χ2n) is 7.38. The van der Waals surface area contributed by atoms with Crippen LogP contribution in [0.2, 0.25) is 0 Å². The van der Waals surface area contributed by atoms with E-state index in [1.165, 1.54) is 40.6 Å². The van der Waals surface area contributed by atoms with Gasteiger partial charge in [0.25, 0.3) is 11.5 Å². The minimum atomic E-state index is -0.511. The molecule has 7 nitrogen and oxygen atoms in total. The van der Waals surface area contributed by atoms with Gasteiger partial charge in [0, 0.05) is 38.1 Å². The number of carbonyl (C=O) groups excluding carboxylic acids is 2. The summed E-state index contributed by atoms with van der Waals surface area (Å²) in [6.07, 6.45) is 4.28. The van der Waals surface area contributed by atoms with Gasteiger partial charge in [-0.25, -0.2) is 4.39 Å². The number of rotatable bonds is 7. The number of thioether (sulfide) groups is 1. The molecule has 0 spiro atoms. The maximum atomic E-state index is 13.4. The SMILES string of the molecule is CSC(C)C(=O)N1CCc2c(cn(-c3ccc(F)cc3)c(=O)c2C(=O)NCCCO)C1. The topological polar surface area (TPSA) is 91.6 Å². The van der Waals surface area contributed by atoms with Crippen LogP contribution in [0.3, 0.4) is 0 Å². The molecule has 3 rings (SSSR count). The molecule has 0 aliphatic carbocycles. The minimum Gasteiger partial charge on any atom is -0.396 e. The number of nitrogens with one attached hydrogen (secondary N) is 1. The van der Waals surface area contributed by atoms with E-state index in [1.54, 1.807) is 11.1 Å². The summed E-state index contributed by atoms with van der Waals surface area (Å²) in [6.45, 7) is 2.73. The largest absolute Gasteiger partial charge is 0.396 e. The van der Waals surface area contributed by atoms with E-state index in [0.29, 0.717) is 36.2 Å². The summed E-state index contributed by atoms with van der Waals surface area (Å²) in [5.74, 6) is -0.936. The smallest absolute Gasteiger partial charge is 0.268 e. The zero-order valence-corrected chi connectivity index (χ0v) is 18.4. The highest BCUT2D eigenvalue weighted by Gasteiger charge is 2.29. The van der Waals surface area contributed by atoms with E-state index in [4.69, 9.17) is 5.11 Å². The molecule has 0 fully saturated rings. The van der Waals surface area contributed by atoms with Gasteiger partial charge >= 0.3 is 0 Å². The lowest BCUT2D eigenvalue weighted by Crippen LogP contribution is -2.43. The monoisotopic (exact) mass is 447 g/mol. The van der Waals surface area contributed by atoms with Crippen LogP contribution in [0.25, 0.3) is 5.69 Å². The third kappa shape index (κ3) is 4.99.